The van der Waals surface area contributed by atoms with Gasteiger partial charge in [0.05, 0.1) is 11.9 Å². The van der Waals surface area contributed by atoms with Crippen LogP contribution in [0.3, 0.4) is 0 Å². The minimum Gasteiger partial charge on any atom is -0.344 e. The topological polar surface area (TPSA) is 36.7 Å². The van der Waals surface area contributed by atoms with E-state index in [1.54, 1.807) is 23.5 Å². The van der Waals surface area contributed by atoms with Crippen molar-refractivity contribution in [2.24, 2.45) is 0 Å². The molecule has 0 N–H and O–H groups in total. The first-order valence-electron chi connectivity index (χ1n) is 8.21. The number of piperazine rings is 1. The van der Waals surface area contributed by atoms with Gasteiger partial charge >= 0.3 is 0 Å². The van der Waals surface area contributed by atoms with Crippen LogP contribution in [0.15, 0.2) is 30.5 Å². The SMILES string of the molecule is CC(C)N1CCN(c2nn3cc(-c4ccc(F)cc4)nc3s2)CC1. The molecule has 3 aromatic rings. The van der Waals surface area contributed by atoms with E-state index in [1.165, 1.54) is 12.1 Å². The van der Waals surface area contributed by atoms with Gasteiger partial charge < -0.3 is 4.90 Å². The molecule has 0 aliphatic carbocycles. The summed E-state index contributed by atoms with van der Waals surface area (Å²) in [4.78, 5) is 10.3. The number of rotatable bonds is 3. The van der Waals surface area contributed by atoms with Gasteiger partial charge in [0.2, 0.25) is 10.1 Å². The summed E-state index contributed by atoms with van der Waals surface area (Å²) in [6, 6.07) is 6.99. The summed E-state index contributed by atoms with van der Waals surface area (Å²) in [6.45, 7) is 8.62. The zero-order chi connectivity index (χ0) is 16.7. The third kappa shape index (κ3) is 2.89. The summed E-state index contributed by atoms with van der Waals surface area (Å²) in [5.41, 5.74) is 1.73. The average Bonchev–Trinajstić information content (AvgIpc) is 3.14. The van der Waals surface area contributed by atoms with Crippen molar-refractivity contribution in [2.75, 3.05) is 31.1 Å². The number of hydrogen-bond acceptors (Lipinski definition) is 5. The second kappa shape index (κ2) is 6.14. The lowest BCUT2D eigenvalue weighted by atomic mass is 10.2. The molecule has 0 radical (unpaired) electrons. The summed E-state index contributed by atoms with van der Waals surface area (Å²) in [6.07, 6.45) is 1.91. The predicted molar refractivity (Wildman–Crippen MR) is 95.2 cm³/mol. The zero-order valence-electron chi connectivity index (χ0n) is 13.8. The van der Waals surface area contributed by atoms with E-state index in [-0.39, 0.29) is 5.82 Å². The molecule has 1 aliphatic rings. The van der Waals surface area contributed by atoms with Gasteiger partial charge in [-0.1, -0.05) is 11.3 Å². The minimum absolute atomic E-state index is 0.235. The van der Waals surface area contributed by atoms with Crippen molar-refractivity contribution in [3.63, 3.8) is 0 Å². The van der Waals surface area contributed by atoms with Crippen molar-refractivity contribution in [1.29, 1.82) is 0 Å². The van der Waals surface area contributed by atoms with E-state index in [1.807, 2.05) is 10.7 Å². The van der Waals surface area contributed by atoms with Crippen molar-refractivity contribution in [3.05, 3.63) is 36.3 Å². The maximum Gasteiger partial charge on any atom is 0.214 e. The molecule has 4 rings (SSSR count). The Hall–Kier alpha value is -1.99. The molecule has 1 aromatic carbocycles. The summed E-state index contributed by atoms with van der Waals surface area (Å²) in [5.74, 6) is -0.235. The zero-order valence-corrected chi connectivity index (χ0v) is 14.6. The number of fused-ring (bicyclic) bond motifs is 1. The van der Waals surface area contributed by atoms with Crippen LogP contribution in [-0.2, 0) is 0 Å². The van der Waals surface area contributed by atoms with Crippen LogP contribution in [0.5, 0.6) is 0 Å². The largest absolute Gasteiger partial charge is 0.344 e. The average molecular weight is 345 g/mol. The lowest BCUT2D eigenvalue weighted by Gasteiger charge is -2.36. The Morgan fingerprint density at radius 1 is 1.08 bits per heavy atom. The highest BCUT2D eigenvalue weighted by Crippen LogP contribution is 2.27. The number of benzene rings is 1. The Labute approximate surface area is 144 Å². The molecule has 24 heavy (non-hydrogen) atoms. The number of imidazole rings is 1. The van der Waals surface area contributed by atoms with Crippen LogP contribution >= 0.6 is 11.3 Å². The fourth-order valence-corrected chi connectivity index (χ4v) is 3.94. The fraction of sp³-hybridized carbons (Fsp3) is 0.412. The third-order valence-electron chi connectivity index (χ3n) is 4.49. The smallest absolute Gasteiger partial charge is 0.214 e. The lowest BCUT2D eigenvalue weighted by Crippen LogP contribution is -2.48. The van der Waals surface area contributed by atoms with Gasteiger partial charge in [-0.05, 0) is 38.1 Å². The Bertz CT molecular complexity index is 799. The number of anilines is 1. The van der Waals surface area contributed by atoms with Gasteiger partial charge in [0.25, 0.3) is 0 Å². The van der Waals surface area contributed by atoms with Crippen LogP contribution < -0.4 is 4.90 Å². The molecule has 0 amide bonds. The first-order chi connectivity index (χ1) is 11.6. The standard InChI is InChI=1S/C17H20FN5S/c1-12(2)21-7-9-22(10-8-21)17-20-23-11-15(19-16(23)24-17)13-3-5-14(18)6-4-13/h3-6,11-12H,7-10H2,1-2H3. The van der Waals surface area contributed by atoms with Gasteiger partial charge in [-0.25, -0.2) is 13.9 Å². The predicted octanol–water partition coefficient (Wildman–Crippen LogP) is 3.13. The molecule has 0 unspecified atom stereocenters. The molecule has 0 atom stereocenters. The number of nitrogens with zero attached hydrogens (tertiary/aromatic N) is 5. The highest BCUT2D eigenvalue weighted by atomic mass is 32.1. The van der Waals surface area contributed by atoms with Crippen molar-refractivity contribution in [2.45, 2.75) is 19.9 Å². The summed E-state index contributed by atoms with van der Waals surface area (Å²) >= 11 is 1.61. The molecule has 1 fully saturated rings. The summed E-state index contributed by atoms with van der Waals surface area (Å²) in [5, 5.41) is 5.70. The molecular weight excluding hydrogens is 325 g/mol. The molecule has 0 saturated carbocycles. The Morgan fingerprint density at radius 3 is 2.42 bits per heavy atom. The Balaban J connectivity index is 1.53. The number of halogens is 1. The molecular formula is C17H20FN5S. The van der Waals surface area contributed by atoms with Crippen LogP contribution in [0.2, 0.25) is 0 Å². The summed E-state index contributed by atoms with van der Waals surface area (Å²) in [7, 11) is 0. The second-order valence-electron chi connectivity index (χ2n) is 6.36. The molecule has 5 nitrogen and oxygen atoms in total. The van der Waals surface area contributed by atoms with Crippen LogP contribution in [0, 0.1) is 5.82 Å². The monoisotopic (exact) mass is 345 g/mol. The van der Waals surface area contributed by atoms with Crippen molar-refractivity contribution in [1.82, 2.24) is 19.5 Å². The van der Waals surface area contributed by atoms with Crippen molar-refractivity contribution in [3.8, 4) is 11.3 Å². The fourth-order valence-electron chi connectivity index (χ4n) is 3.01. The van der Waals surface area contributed by atoms with Gasteiger partial charge in [-0.3, -0.25) is 4.90 Å². The van der Waals surface area contributed by atoms with Gasteiger partial charge in [-0.2, -0.15) is 0 Å². The van der Waals surface area contributed by atoms with Crippen molar-refractivity contribution >= 4 is 21.4 Å². The minimum atomic E-state index is -0.235. The van der Waals surface area contributed by atoms with E-state index in [2.05, 4.69) is 33.7 Å². The van der Waals surface area contributed by atoms with Crippen LogP contribution in [0.25, 0.3) is 16.2 Å². The van der Waals surface area contributed by atoms with E-state index in [0.29, 0.717) is 6.04 Å². The summed E-state index contributed by atoms with van der Waals surface area (Å²) < 4.78 is 14.9. The molecule has 1 aliphatic heterocycles. The first-order valence-corrected chi connectivity index (χ1v) is 9.03. The van der Waals surface area contributed by atoms with Crippen LogP contribution in [-0.4, -0.2) is 51.7 Å². The highest BCUT2D eigenvalue weighted by Gasteiger charge is 2.22. The maximum atomic E-state index is 13.0. The highest BCUT2D eigenvalue weighted by molar-refractivity contribution is 7.20. The molecule has 126 valence electrons. The Morgan fingerprint density at radius 2 is 1.79 bits per heavy atom. The molecule has 0 spiro atoms. The molecule has 7 heteroatoms. The van der Waals surface area contributed by atoms with Gasteiger partial charge in [0, 0.05) is 37.8 Å². The lowest BCUT2D eigenvalue weighted by molar-refractivity contribution is 0.209. The number of aromatic nitrogens is 3. The second-order valence-corrected chi connectivity index (χ2v) is 7.30. The third-order valence-corrected chi connectivity index (χ3v) is 5.47. The van der Waals surface area contributed by atoms with Gasteiger partial charge in [-0.15, -0.1) is 5.10 Å². The normalized spacial score (nSPS) is 16.4. The van der Waals surface area contributed by atoms with Crippen molar-refractivity contribution < 1.29 is 4.39 Å². The number of hydrogen-bond donors (Lipinski definition) is 0. The van der Waals surface area contributed by atoms with E-state index < -0.39 is 0 Å². The van der Waals surface area contributed by atoms with E-state index in [0.717, 1.165) is 47.5 Å². The Kier molecular flexibility index (Phi) is 3.97. The first kappa shape index (κ1) is 15.5. The molecule has 1 saturated heterocycles. The quantitative estimate of drug-likeness (QED) is 0.731. The molecule has 2 aromatic heterocycles. The van der Waals surface area contributed by atoms with Gasteiger partial charge in [0.1, 0.15) is 5.82 Å². The van der Waals surface area contributed by atoms with E-state index >= 15 is 0 Å². The molecule has 0 bridgehead atoms. The molecule has 3 heterocycles. The maximum absolute atomic E-state index is 13.0. The van der Waals surface area contributed by atoms with E-state index in [9.17, 15) is 4.39 Å². The van der Waals surface area contributed by atoms with E-state index in [4.69, 9.17) is 0 Å². The van der Waals surface area contributed by atoms with Gasteiger partial charge in [0.15, 0.2) is 0 Å². The van der Waals surface area contributed by atoms with Crippen LogP contribution in [0.4, 0.5) is 9.52 Å². The van der Waals surface area contributed by atoms with Crippen LogP contribution in [0.1, 0.15) is 13.8 Å².